The first-order chi connectivity index (χ1) is 10.2. The Balaban J connectivity index is 2.34. The highest BCUT2D eigenvalue weighted by molar-refractivity contribution is 5.28. The third kappa shape index (κ3) is 3.83. The Morgan fingerprint density at radius 2 is 2.00 bits per heavy atom. The molecule has 0 saturated heterocycles. The van der Waals surface area contributed by atoms with E-state index in [1.54, 1.807) is 0 Å². The molecular weight excluding hydrogens is 260 g/mol. The van der Waals surface area contributed by atoms with Crippen molar-refractivity contribution in [2.24, 2.45) is 0 Å². The van der Waals surface area contributed by atoms with Gasteiger partial charge in [-0.25, -0.2) is 0 Å². The van der Waals surface area contributed by atoms with E-state index in [-0.39, 0.29) is 11.6 Å². The first-order valence-corrected chi connectivity index (χ1v) is 8.42. The van der Waals surface area contributed by atoms with Crippen LogP contribution in [0.5, 0.6) is 0 Å². The molecule has 1 heterocycles. The molecule has 21 heavy (non-hydrogen) atoms. The zero-order valence-electron chi connectivity index (χ0n) is 13.8. The summed E-state index contributed by atoms with van der Waals surface area (Å²) < 4.78 is 6.14. The highest BCUT2D eigenvalue weighted by Crippen LogP contribution is 2.40. The highest BCUT2D eigenvalue weighted by Gasteiger charge is 2.40. The monoisotopic (exact) mass is 290 g/mol. The molecular formula is C18H30N2O. The maximum atomic E-state index is 6.14. The minimum Gasteiger partial charge on any atom is -0.376 e. The van der Waals surface area contributed by atoms with Gasteiger partial charge in [-0.2, -0.15) is 0 Å². The first-order valence-electron chi connectivity index (χ1n) is 8.42. The van der Waals surface area contributed by atoms with Crippen LogP contribution in [-0.4, -0.2) is 24.2 Å². The van der Waals surface area contributed by atoms with Crippen LogP contribution in [0.1, 0.15) is 69.0 Å². The van der Waals surface area contributed by atoms with Gasteiger partial charge in [0.05, 0.1) is 11.6 Å². The normalized spacial score (nSPS) is 20.0. The maximum absolute atomic E-state index is 6.14. The van der Waals surface area contributed by atoms with E-state index in [1.165, 1.54) is 36.8 Å². The van der Waals surface area contributed by atoms with Crippen molar-refractivity contribution >= 4 is 0 Å². The molecule has 1 saturated carbocycles. The molecule has 3 heteroatoms. The number of ether oxygens (including phenoxy) is 1. The summed E-state index contributed by atoms with van der Waals surface area (Å²) in [5, 5.41) is 3.75. The molecule has 2 rings (SSSR count). The van der Waals surface area contributed by atoms with Crippen molar-refractivity contribution in [2.75, 3.05) is 13.7 Å². The summed E-state index contributed by atoms with van der Waals surface area (Å²) >= 11 is 0. The van der Waals surface area contributed by atoms with Crippen LogP contribution in [0.3, 0.4) is 0 Å². The maximum Gasteiger partial charge on any atom is 0.0873 e. The van der Waals surface area contributed by atoms with Crippen molar-refractivity contribution in [3.8, 4) is 0 Å². The number of aryl methyl sites for hydroxylation is 1. The summed E-state index contributed by atoms with van der Waals surface area (Å²) in [6.45, 7) is 5.41. The topological polar surface area (TPSA) is 34.2 Å². The van der Waals surface area contributed by atoms with Gasteiger partial charge in [-0.1, -0.05) is 32.6 Å². The smallest absolute Gasteiger partial charge is 0.0873 e. The SMILES string of the molecule is CCCNC(c1cnccc1C)C1(OC)CCCCCC1. The predicted octanol–water partition coefficient (Wildman–Crippen LogP) is 4.17. The van der Waals surface area contributed by atoms with Gasteiger partial charge in [0, 0.05) is 19.5 Å². The lowest BCUT2D eigenvalue weighted by atomic mass is 9.81. The molecule has 0 amide bonds. The summed E-state index contributed by atoms with van der Waals surface area (Å²) in [5.74, 6) is 0. The van der Waals surface area contributed by atoms with E-state index >= 15 is 0 Å². The van der Waals surface area contributed by atoms with E-state index in [2.05, 4.69) is 30.2 Å². The van der Waals surface area contributed by atoms with Gasteiger partial charge >= 0.3 is 0 Å². The van der Waals surface area contributed by atoms with Gasteiger partial charge < -0.3 is 10.1 Å². The van der Waals surface area contributed by atoms with Gasteiger partial charge in [-0.3, -0.25) is 4.98 Å². The highest BCUT2D eigenvalue weighted by atomic mass is 16.5. The quantitative estimate of drug-likeness (QED) is 0.798. The van der Waals surface area contributed by atoms with Crippen LogP contribution in [0.25, 0.3) is 0 Å². The Morgan fingerprint density at radius 3 is 2.57 bits per heavy atom. The lowest BCUT2D eigenvalue weighted by Crippen LogP contribution is -2.46. The van der Waals surface area contributed by atoms with Crippen molar-refractivity contribution in [1.29, 1.82) is 0 Å². The standard InChI is InChI=1S/C18H30N2O/c1-4-12-20-17(16-14-19-13-9-15(16)2)18(21-3)10-7-5-6-8-11-18/h9,13-14,17,20H,4-8,10-12H2,1-3H3. The Morgan fingerprint density at radius 1 is 1.29 bits per heavy atom. The van der Waals surface area contributed by atoms with Gasteiger partial charge in [0.1, 0.15) is 0 Å². The summed E-state index contributed by atoms with van der Waals surface area (Å²) in [7, 11) is 1.89. The molecule has 1 fully saturated rings. The molecule has 118 valence electrons. The second-order valence-electron chi connectivity index (χ2n) is 6.30. The number of nitrogens with zero attached hydrogens (tertiary/aromatic N) is 1. The summed E-state index contributed by atoms with van der Waals surface area (Å²) in [6, 6.07) is 2.35. The van der Waals surface area contributed by atoms with Crippen LogP contribution in [0.2, 0.25) is 0 Å². The lowest BCUT2D eigenvalue weighted by Gasteiger charge is -2.40. The fraction of sp³-hybridized carbons (Fsp3) is 0.722. The average molecular weight is 290 g/mol. The second kappa shape index (κ2) is 7.90. The largest absolute Gasteiger partial charge is 0.376 e. The summed E-state index contributed by atoms with van der Waals surface area (Å²) in [5.41, 5.74) is 2.52. The fourth-order valence-corrected chi connectivity index (χ4v) is 3.58. The summed E-state index contributed by atoms with van der Waals surface area (Å²) in [4.78, 5) is 4.36. The van der Waals surface area contributed by atoms with Crippen molar-refractivity contribution in [3.05, 3.63) is 29.6 Å². The molecule has 1 aromatic heterocycles. The lowest BCUT2D eigenvalue weighted by molar-refractivity contribution is -0.0542. The molecule has 0 bridgehead atoms. The van der Waals surface area contributed by atoms with Crippen molar-refractivity contribution in [1.82, 2.24) is 10.3 Å². The number of hydrogen-bond acceptors (Lipinski definition) is 3. The average Bonchev–Trinajstić information content (AvgIpc) is 2.76. The van der Waals surface area contributed by atoms with Gasteiger partial charge in [-0.05, 0) is 49.9 Å². The molecule has 3 nitrogen and oxygen atoms in total. The first kappa shape index (κ1) is 16.4. The molecule has 0 spiro atoms. The second-order valence-corrected chi connectivity index (χ2v) is 6.30. The van der Waals surface area contributed by atoms with Gasteiger partial charge in [-0.15, -0.1) is 0 Å². The third-order valence-corrected chi connectivity index (χ3v) is 4.87. The van der Waals surface area contributed by atoms with E-state index < -0.39 is 0 Å². The molecule has 0 aromatic carbocycles. The van der Waals surface area contributed by atoms with Crippen molar-refractivity contribution < 1.29 is 4.74 Å². The number of aromatic nitrogens is 1. The molecule has 1 aromatic rings. The number of nitrogens with one attached hydrogen (secondary N) is 1. The Hall–Kier alpha value is -0.930. The van der Waals surface area contributed by atoms with E-state index in [1.807, 2.05) is 19.5 Å². The molecule has 1 N–H and O–H groups in total. The Kier molecular flexibility index (Phi) is 6.19. The number of rotatable bonds is 6. The van der Waals surface area contributed by atoms with Crippen molar-refractivity contribution in [2.45, 2.75) is 70.4 Å². The van der Waals surface area contributed by atoms with Crippen LogP contribution in [0, 0.1) is 6.92 Å². The minimum atomic E-state index is -0.0839. The van der Waals surface area contributed by atoms with Crippen LogP contribution in [0.4, 0.5) is 0 Å². The van der Waals surface area contributed by atoms with Crippen LogP contribution in [-0.2, 0) is 4.74 Å². The minimum absolute atomic E-state index is 0.0839. The third-order valence-electron chi connectivity index (χ3n) is 4.87. The zero-order valence-corrected chi connectivity index (χ0v) is 13.8. The van der Waals surface area contributed by atoms with Crippen LogP contribution in [0.15, 0.2) is 18.5 Å². The van der Waals surface area contributed by atoms with Gasteiger partial charge in [0.15, 0.2) is 0 Å². The fourth-order valence-electron chi connectivity index (χ4n) is 3.58. The zero-order chi connectivity index (χ0) is 15.1. The molecule has 1 aliphatic rings. The van der Waals surface area contributed by atoms with Crippen molar-refractivity contribution in [3.63, 3.8) is 0 Å². The Bertz CT molecular complexity index is 425. The van der Waals surface area contributed by atoms with E-state index in [4.69, 9.17) is 4.74 Å². The van der Waals surface area contributed by atoms with E-state index in [0.717, 1.165) is 25.8 Å². The molecule has 1 aliphatic carbocycles. The molecule has 0 radical (unpaired) electrons. The number of hydrogen-bond donors (Lipinski definition) is 1. The number of pyridine rings is 1. The molecule has 1 unspecified atom stereocenters. The Labute approximate surface area is 129 Å². The van der Waals surface area contributed by atoms with E-state index in [9.17, 15) is 0 Å². The number of methoxy groups -OCH3 is 1. The van der Waals surface area contributed by atoms with Gasteiger partial charge in [0.25, 0.3) is 0 Å². The molecule has 0 aliphatic heterocycles. The van der Waals surface area contributed by atoms with Crippen LogP contribution < -0.4 is 5.32 Å². The van der Waals surface area contributed by atoms with Crippen LogP contribution >= 0.6 is 0 Å². The molecule has 1 atom stereocenters. The van der Waals surface area contributed by atoms with Gasteiger partial charge in [0.2, 0.25) is 0 Å². The predicted molar refractivity (Wildman–Crippen MR) is 87.5 cm³/mol. The summed E-state index contributed by atoms with van der Waals surface area (Å²) in [6.07, 6.45) is 12.5. The van der Waals surface area contributed by atoms with E-state index in [0.29, 0.717) is 0 Å².